The molecule has 0 aliphatic heterocycles. The molecule has 98 valence electrons. The molecule has 1 aromatic carbocycles. The number of benzene rings is 1. The maximum Gasteiger partial charge on any atom is 0.239 e. The highest BCUT2D eigenvalue weighted by atomic mass is 32.2. The second kappa shape index (κ2) is 5.63. The normalized spacial score (nSPS) is 10.9. The molecule has 1 N–H and O–H groups in total. The number of nitrogens with one attached hydrogen (secondary N) is 1. The van der Waals surface area contributed by atoms with Crippen molar-refractivity contribution < 1.29 is 23.1 Å². The summed E-state index contributed by atoms with van der Waals surface area (Å²) in [4.78, 5) is 21.6. The minimum atomic E-state index is -3.98. The van der Waals surface area contributed by atoms with Crippen LogP contribution in [0.2, 0.25) is 0 Å². The zero-order chi connectivity index (χ0) is 13.8. The van der Waals surface area contributed by atoms with Crippen LogP contribution in [0, 0.1) is 6.92 Å². The van der Waals surface area contributed by atoms with E-state index in [2.05, 4.69) is 5.32 Å². The van der Waals surface area contributed by atoms with E-state index in [4.69, 9.17) is 0 Å². The fraction of sp³-hybridized carbons (Fsp3) is 0.273. The Bertz CT molecular complexity index is 547. The summed E-state index contributed by atoms with van der Waals surface area (Å²) in [5.41, 5.74) is 1.45. The minimum Gasteiger partial charge on any atom is -0.549 e. The van der Waals surface area contributed by atoms with Crippen molar-refractivity contribution in [2.45, 2.75) is 6.92 Å². The van der Waals surface area contributed by atoms with Gasteiger partial charge in [0.05, 0.1) is 11.7 Å². The van der Waals surface area contributed by atoms with E-state index in [1.54, 1.807) is 24.3 Å². The Kier molecular flexibility index (Phi) is 4.43. The third kappa shape index (κ3) is 4.96. The molecule has 0 saturated heterocycles. The second-order valence-electron chi connectivity index (χ2n) is 3.82. The molecule has 0 spiro atoms. The third-order valence-electron chi connectivity index (χ3n) is 2.02. The third-order valence-corrected chi connectivity index (χ3v) is 3.40. The zero-order valence-corrected chi connectivity index (χ0v) is 10.5. The molecule has 0 fully saturated rings. The van der Waals surface area contributed by atoms with E-state index in [9.17, 15) is 23.1 Å². The van der Waals surface area contributed by atoms with Crippen molar-refractivity contribution in [3.05, 3.63) is 29.8 Å². The van der Waals surface area contributed by atoms with Gasteiger partial charge in [0.15, 0.2) is 9.84 Å². The number of aliphatic carboxylic acids is 1. The standard InChI is InChI=1S/C11H13NO5S/c1-8-2-4-9(5-3-8)12-10(13)6-18(16,17)7-11(14)15/h2-5H,6-7H2,1H3,(H,12,13)(H,14,15)/p-1. The van der Waals surface area contributed by atoms with Gasteiger partial charge >= 0.3 is 0 Å². The van der Waals surface area contributed by atoms with E-state index in [0.29, 0.717) is 5.69 Å². The summed E-state index contributed by atoms with van der Waals surface area (Å²) in [6.45, 7) is 1.87. The van der Waals surface area contributed by atoms with Gasteiger partial charge in [0.1, 0.15) is 5.75 Å². The minimum absolute atomic E-state index is 0.453. The fourth-order valence-electron chi connectivity index (χ4n) is 1.26. The van der Waals surface area contributed by atoms with Crippen LogP contribution >= 0.6 is 0 Å². The maximum absolute atomic E-state index is 11.4. The van der Waals surface area contributed by atoms with E-state index in [1.165, 1.54) is 0 Å². The molecule has 0 aliphatic rings. The average Bonchev–Trinajstić information content (AvgIpc) is 2.18. The van der Waals surface area contributed by atoms with Gasteiger partial charge < -0.3 is 15.2 Å². The zero-order valence-electron chi connectivity index (χ0n) is 9.67. The molecule has 7 heteroatoms. The number of sulfone groups is 1. The average molecular weight is 270 g/mol. The van der Waals surface area contributed by atoms with Crippen LogP contribution in [0.15, 0.2) is 24.3 Å². The largest absolute Gasteiger partial charge is 0.549 e. The fourth-order valence-corrected chi connectivity index (χ4v) is 2.20. The van der Waals surface area contributed by atoms with Gasteiger partial charge in [-0.2, -0.15) is 0 Å². The van der Waals surface area contributed by atoms with Gasteiger partial charge in [-0.1, -0.05) is 17.7 Å². The first-order valence-corrected chi connectivity index (χ1v) is 6.87. The van der Waals surface area contributed by atoms with Gasteiger partial charge in [0, 0.05) is 5.69 Å². The molecule has 1 aromatic rings. The van der Waals surface area contributed by atoms with Crippen molar-refractivity contribution in [3.8, 4) is 0 Å². The highest BCUT2D eigenvalue weighted by Gasteiger charge is 2.16. The van der Waals surface area contributed by atoms with Crippen LogP contribution in [-0.4, -0.2) is 31.8 Å². The van der Waals surface area contributed by atoms with E-state index >= 15 is 0 Å². The van der Waals surface area contributed by atoms with Gasteiger partial charge in [-0.05, 0) is 19.1 Å². The van der Waals surface area contributed by atoms with Crippen LogP contribution in [0.1, 0.15) is 5.56 Å². The Morgan fingerprint density at radius 3 is 2.22 bits per heavy atom. The lowest BCUT2D eigenvalue weighted by molar-refractivity contribution is -0.301. The van der Waals surface area contributed by atoms with Crippen LogP contribution in [0.4, 0.5) is 5.69 Å². The molecule has 0 unspecified atom stereocenters. The Morgan fingerprint density at radius 1 is 1.17 bits per heavy atom. The summed E-state index contributed by atoms with van der Waals surface area (Å²) in [6, 6.07) is 6.76. The van der Waals surface area contributed by atoms with Crippen LogP contribution < -0.4 is 10.4 Å². The molecule has 1 rings (SSSR count). The molecule has 0 aliphatic carbocycles. The van der Waals surface area contributed by atoms with Crippen molar-refractivity contribution in [3.63, 3.8) is 0 Å². The molecule has 1 amide bonds. The van der Waals surface area contributed by atoms with Gasteiger partial charge in [-0.15, -0.1) is 0 Å². The van der Waals surface area contributed by atoms with E-state index in [1.807, 2.05) is 6.92 Å². The summed E-state index contributed by atoms with van der Waals surface area (Å²) < 4.78 is 22.4. The molecule has 0 aromatic heterocycles. The summed E-state index contributed by atoms with van der Waals surface area (Å²) in [5, 5.41) is 12.5. The van der Waals surface area contributed by atoms with Crippen molar-refractivity contribution in [1.82, 2.24) is 0 Å². The highest BCUT2D eigenvalue weighted by molar-refractivity contribution is 7.92. The Hall–Kier alpha value is -1.89. The first-order chi connectivity index (χ1) is 8.28. The van der Waals surface area contributed by atoms with Gasteiger partial charge in [-0.25, -0.2) is 8.42 Å². The number of amides is 1. The lowest BCUT2D eigenvalue weighted by Crippen LogP contribution is -2.34. The van der Waals surface area contributed by atoms with Gasteiger partial charge in [-0.3, -0.25) is 4.79 Å². The number of hydrogen-bond donors (Lipinski definition) is 1. The second-order valence-corrected chi connectivity index (χ2v) is 5.88. The summed E-state index contributed by atoms with van der Waals surface area (Å²) >= 11 is 0. The number of carboxylic acids is 1. The quantitative estimate of drug-likeness (QED) is 0.746. The van der Waals surface area contributed by atoms with E-state index in [0.717, 1.165) is 5.56 Å². The monoisotopic (exact) mass is 270 g/mol. The van der Waals surface area contributed by atoms with Crippen LogP contribution in [0.3, 0.4) is 0 Å². The highest BCUT2D eigenvalue weighted by Crippen LogP contribution is 2.08. The molecule has 0 bridgehead atoms. The summed E-state index contributed by atoms with van der Waals surface area (Å²) in [7, 11) is -3.98. The number of carboxylic acid groups (broad SMARTS) is 1. The predicted molar refractivity (Wildman–Crippen MR) is 63.5 cm³/mol. The number of carbonyl (C=O) groups is 2. The first kappa shape index (κ1) is 14.2. The predicted octanol–water partition coefficient (Wildman–Crippen LogP) is -0.902. The summed E-state index contributed by atoms with van der Waals surface area (Å²) in [6.07, 6.45) is 0. The molecule has 0 radical (unpaired) electrons. The molecule has 0 atom stereocenters. The topological polar surface area (TPSA) is 103 Å². The lowest BCUT2D eigenvalue weighted by atomic mass is 10.2. The molecule has 6 nitrogen and oxygen atoms in total. The number of aryl methyl sites for hydroxylation is 1. The Morgan fingerprint density at radius 2 is 1.72 bits per heavy atom. The van der Waals surface area contributed by atoms with Crippen LogP contribution in [0.25, 0.3) is 0 Å². The van der Waals surface area contributed by atoms with Crippen molar-refractivity contribution >= 4 is 27.4 Å². The van der Waals surface area contributed by atoms with Crippen LogP contribution in [0.5, 0.6) is 0 Å². The van der Waals surface area contributed by atoms with Crippen molar-refractivity contribution in [2.75, 3.05) is 16.8 Å². The molecular formula is C11H12NO5S-. The Balaban J connectivity index is 2.62. The van der Waals surface area contributed by atoms with E-state index < -0.39 is 33.2 Å². The van der Waals surface area contributed by atoms with Crippen molar-refractivity contribution in [2.24, 2.45) is 0 Å². The SMILES string of the molecule is Cc1ccc(NC(=O)CS(=O)(=O)CC(=O)[O-])cc1. The molecule has 0 heterocycles. The molecular weight excluding hydrogens is 258 g/mol. The Labute approximate surface area is 105 Å². The summed E-state index contributed by atoms with van der Waals surface area (Å²) in [5.74, 6) is -4.54. The van der Waals surface area contributed by atoms with Crippen LogP contribution in [-0.2, 0) is 19.4 Å². The number of anilines is 1. The van der Waals surface area contributed by atoms with E-state index in [-0.39, 0.29) is 0 Å². The number of rotatable bonds is 5. The van der Waals surface area contributed by atoms with Gasteiger partial charge in [0.25, 0.3) is 0 Å². The number of hydrogen-bond acceptors (Lipinski definition) is 5. The first-order valence-electron chi connectivity index (χ1n) is 5.05. The smallest absolute Gasteiger partial charge is 0.239 e. The molecule has 18 heavy (non-hydrogen) atoms. The van der Waals surface area contributed by atoms with Gasteiger partial charge in [0.2, 0.25) is 5.91 Å². The number of carbonyl (C=O) groups excluding carboxylic acids is 2. The van der Waals surface area contributed by atoms with Crippen molar-refractivity contribution in [1.29, 1.82) is 0 Å². The lowest BCUT2D eigenvalue weighted by Gasteiger charge is -2.07. The molecule has 0 saturated carbocycles. The maximum atomic E-state index is 11.4.